The second kappa shape index (κ2) is 9.53. The Morgan fingerprint density at radius 1 is 1.05 bits per heavy atom. The van der Waals surface area contributed by atoms with Crippen molar-refractivity contribution in [2.75, 3.05) is 6.54 Å². The molecule has 116 valence electrons. The number of nitrogens with zero attached hydrogens (tertiary/aromatic N) is 3. The van der Waals surface area contributed by atoms with Crippen LogP contribution in [0.25, 0.3) is 11.3 Å². The molecule has 0 amide bonds. The fourth-order valence-electron chi connectivity index (χ4n) is 2.13. The van der Waals surface area contributed by atoms with Crippen LogP contribution in [0.1, 0.15) is 38.8 Å². The van der Waals surface area contributed by atoms with Crippen LogP contribution in [0.5, 0.6) is 0 Å². The quantitative estimate of drug-likeness (QED) is 0.757. The molecule has 0 saturated carbocycles. The van der Waals surface area contributed by atoms with Crippen molar-refractivity contribution >= 4 is 12.4 Å². The zero-order chi connectivity index (χ0) is 14.2. The number of halogens is 1. The van der Waals surface area contributed by atoms with Gasteiger partial charge in [0, 0.05) is 12.1 Å². The van der Waals surface area contributed by atoms with Gasteiger partial charge >= 0.3 is 0 Å². The van der Waals surface area contributed by atoms with Crippen molar-refractivity contribution < 1.29 is 0 Å². The van der Waals surface area contributed by atoms with E-state index in [1.54, 1.807) is 0 Å². The predicted octanol–water partition coefficient (Wildman–Crippen LogP) is 3.67. The second-order valence-electron chi connectivity index (χ2n) is 4.99. The van der Waals surface area contributed by atoms with Crippen LogP contribution in [0.4, 0.5) is 0 Å². The predicted molar refractivity (Wildman–Crippen MR) is 89.6 cm³/mol. The van der Waals surface area contributed by atoms with Crippen LogP contribution in [0.3, 0.4) is 0 Å². The lowest BCUT2D eigenvalue weighted by atomic mass is 10.1. The van der Waals surface area contributed by atoms with Crippen molar-refractivity contribution in [3.05, 3.63) is 36.0 Å². The summed E-state index contributed by atoms with van der Waals surface area (Å²) in [6.07, 6.45) is 3.45. The van der Waals surface area contributed by atoms with E-state index in [2.05, 4.69) is 41.5 Å². The van der Waals surface area contributed by atoms with Crippen LogP contribution in [0.2, 0.25) is 0 Å². The number of aromatic nitrogens is 3. The maximum absolute atomic E-state index is 4.63. The van der Waals surface area contributed by atoms with Crippen molar-refractivity contribution in [1.29, 1.82) is 0 Å². The third-order valence-electron chi connectivity index (χ3n) is 3.20. The molecule has 1 heterocycles. The lowest BCUT2D eigenvalue weighted by Crippen LogP contribution is -2.15. The maximum atomic E-state index is 4.63. The highest BCUT2D eigenvalue weighted by Gasteiger charge is 2.12. The Kier molecular flexibility index (Phi) is 8.01. The molecule has 0 atom stereocenters. The van der Waals surface area contributed by atoms with E-state index < -0.39 is 0 Å². The van der Waals surface area contributed by atoms with Gasteiger partial charge in [0.1, 0.15) is 11.4 Å². The summed E-state index contributed by atoms with van der Waals surface area (Å²) in [6.45, 7) is 7.04. The molecular formula is C16H25ClN4. The van der Waals surface area contributed by atoms with Gasteiger partial charge < -0.3 is 5.32 Å². The Bertz CT molecular complexity index is 510. The molecule has 0 spiro atoms. The first-order chi connectivity index (χ1) is 9.85. The first-order valence-corrected chi connectivity index (χ1v) is 7.55. The van der Waals surface area contributed by atoms with Gasteiger partial charge in [0.15, 0.2) is 0 Å². The molecule has 0 bridgehead atoms. The Hall–Kier alpha value is -1.39. The highest BCUT2D eigenvalue weighted by Crippen LogP contribution is 2.19. The van der Waals surface area contributed by atoms with Crippen LogP contribution < -0.4 is 5.32 Å². The van der Waals surface area contributed by atoms with Gasteiger partial charge in [0.25, 0.3) is 0 Å². The average molecular weight is 309 g/mol. The largest absolute Gasteiger partial charge is 0.311 e. The molecule has 4 nitrogen and oxygen atoms in total. The SMILES string of the molecule is CCCCNCc1nn(CCC)nc1-c1ccccc1.Cl. The van der Waals surface area contributed by atoms with E-state index in [1.807, 2.05) is 23.0 Å². The maximum Gasteiger partial charge on any atom is 0.117 e. The third-order valence-corrected chi connectivity index (χ3v) is 3.20. The molecule has 0 aliphatic heterocycles. The molecule has 1 N–H and O–H groups in total. The van der Waals surface area contributed by atoms with E-state index >= 15 is 0 Å². The lowest BCUT2D eigenvalue weighted by molar-refractivity contribution is 0.520. The van der Waals surface area contributed by atoms with Crippen LogP contribution in [-0.2, 0) is 13.1 Å². The average Bonchev–Trinajstić information content (AvgIpc) is 2.88. The van der Waals surface area contributed by atoms with E-state index in [-0.39, 0.29) is 12.4 Å². The molecule has 2 rings (SSSR count). The van der Waals surface area contributed by atoms with Crippen LogP contribution >= 0.6 is 12.4 Å². The Morgan fingerprint density at radius 3 is 2.48 bits per heavy atom. The molecule has 21 heavy (non-hydrogen) atoms. The van der Waals surface area contributed by atoms with Gasteiger partial charge in [-0.2, -0.15) is 15.0 Å². The topological polar surface area (TPSA) is 42.7 Å². The second-order valence-corrected chi connectivity index (χ2v) is 4.99. The summed E-state index contributed by atoms with van der Waals surface area (Å²) in [7, 11) is 0. The van der Waals surface area contributed by atoms with Gasteiger partial charge in [-0.25, -0.2) is 0 Å². The van der Waals surface area contributed by atoms with Crippen LogP contribution in [0.15, 0.2) is 30.3 Å². The summed E-state index contributed by atoms with van der Waals surface area (Å²) in [5, 5.41) is 12.7. The fourth-order valence-corrected chi connectivity index (χ4v) is 2.13. The van der Waals surface area contributed by atoms with E-state index in [1.165, 1.54) is 12.8 Å². The molecule has 1 aromatic heterocycles. The number of nitrogens with one attached hydrogen (secondary N) is 1. The monoisotopic (exact) mass is 308 g/mol. The van der Waals surface area contributed by atoms with E-state index in [0.29, 0.717) is 0 Å². The highest BCUT2D eigenvalue weighted by molar-refractivity contribution is 5.85. The molecule has 2 aromatic rings. The number of benzene rings is 1. The summed E-state index contributed by atoms with van der Waals surface area (Å²) >= 11 is 0. The van der Waals surface area contributed by atoms with Gasteiger partial charge in [-0.15, -0.1) is 12.4 Å². The van der Waals surface area contributed by atoms with Crippen LogP contribution in [0, 0.1) is 0 Å². The number of unbranched alkanes of at least 4 members (excludes halogenated alkanes) is 1. The first-order valence-electron chi connectivity index (χ1n) is 7.55. The zero-order valence-electron chi connectivity index (χ0n) is 12.9. The minimum absolute atomic E-state index is 0. The lowest BCUT2D eigenvalue weighted by Gasteiger charge is -2.03. The summed E-state index contributed by atoms with van der Waals surface area (Å²) in [6, 6.07) is 10.3. The molecular weight excluding hydrogens is 284 g/mol. The Balaban J connectivity index is 0.00000220. The zero-order valence-corrected chi connectivity index (χ0v) is 13.7. The Labute approximate surface area is 133 Å². The van der Waals surface area contributed by atoms with Gasteiger partial charge in [-0.3, -0.25) is 0 Å². The number of hydrogen-bond acceptors (Lipinski definition) is 3. The van der Waals surface area contributed by atoms with Gasteiger partial charge in [-0.05, 0) is 19.4 Å². The van der Waals surface area contributed by atoms with E-state index in [0.717, 1.165) is 43.0 Å². The molecule has 5 heteroatoms. The van der Waals surface area contributed by atoms with Gasteiger partial charge in [0.05, 0.1) is 6.54 Å². The minimum Gasteiger partial charge on any atom is -0.311 e. The summed E-state index contributed by atoms with van der Waals surface area (Å²) < 4.78 is 0. The third kappa shape index (κ3) is 5.14. The smallest absolute Gasteiger partial charge is 0.117 e. The molecule has 0 aliphatic carbocycles. The molecule has 0 unspecified atom stereocenters. The summed E-state index contributed by atoms with van der Waals surface area (Å²) in [5.74, 6) is 0. The number of hydrogen-bond donors (Lipinski definition) is 1. The minimum atomic E-state index is 0. The normalized spacial score (nSPS) is 10.4. The highest BCUT2D eigenvalue weighted by atomic mass is 35.5. The van der Waals surface area contributed by atoms with E-state index in [9.17, 15) is 0 Å². The molecule has 0 fully saturated rings. The van der Waals surface area contributed by atoms with Gasteiger partial charge in [-0.1, -0.05) is 50.6 Å². The summed E-state index contributed by atoms with van der Waals surface area (Å²) in [5.41, 5.74) is 3.19. The molecule has 0 radical (unpaired) electrons. The Morgan fingerprint density at radius 2 is 1.81 bits per heavy atom. The van der Waals surface area contributed by atoms with Crippen LogP contribution in [-0.4, -0.2) is 21.5 Å². The van der Waals surface area contributed by atoms with Crippen molar-refractivity contribution in [1.82, 2.24) is 20.3 Å². The van der Waals surface area contributed by atoms with Crippen molar-refractivity contribution in [2.45, 2.75) is 46.2 Å². The fraction of sp³-hybridized carbons (Fsp3) is 0.500. The van der Waals surface area contributed by atoms with Gasteiger partial charge in [0.2, 0.25) is 0 Å². The standard InChI is InChI=1S/C16H24N4.ClH/c1-3-5-11-17-13-15-16(14-9-7-6-8-10-14)19-20(18-15)12-4-2;/h6-10,17H,3-5,11-13H2,1-2H3;1H. The molecule has 1 aromatic carbocycles. The summed E-state index contributed by atoms with van der Waals surface area (Å²) in [4.78, 5) is 1.82. The molecule has 0 saturated heterocycles. The molecule has 0 aliphatic rings. The number of rotatable bonds is 8. The van der Waals surface area contributed by atoms with E-state index in [4.69, 9.17) is 0 Å². The van der Waals surface area contributed by atoms with Crippen molar-refractivity contribution in [3.63, 3.8) is 0 Å². The number of aryl methyl sites for hydroxylation is 1. The van der Waals surface area contributed by atoms with Crippen molar-refractivity contribution in [2.24, 2.45) is 0 Å². The van der Waals surface area contributed by atoms with Crippen molar-refractivity contribution in [3.8, 4) is 11.3 Å². The first kappa shape index (κ1) is 17.7.